The molecule has 1 aliphatic heterocycles. The Bertz CT molecular complexity index is 1030. The van der Waals surface area contributed by atoms with Crippen LogP contribution in [0.5, 0.6) is 5.75 Å². The van der Waals surface area contributed by atoms with Crippen molar-refractivity contribution in [1.29, 1.82) is 0 Å². The summed E-state index contributed by atoms with van der Waals surface area (Å²) in [6, 6.07) is 14.1. The van der Waals surface area contributed by atoms with Gasteiger partial charge >= 0.3 is 0 Å². The Morgan fingerprint density at radius 2 is 1.76 bits per heavy atom. The predicted molar refractivity (Wildman–Crippen MR) is 128 cm³/mol. The fourth-order valence-electron chi connectivity index (χ4n) is 3.92. The Morgan fingerprint density at radius 3 is 2.36 bits per heavy atom. The minimum absolute atomic E-state index is 0.0324. The SMILES string of the molecule is CCCOc1cccc(/C(O)=C2/C(=O)C(=O)N(CCOC)C2c2ccc(C(C)(C)C)cc2)c1. The zero-order valence-electron chi connectivity index (χ0n) is 20.1. The van der Waals surface area contributed by atoms with Crippen LogP contribution in [-0.2, 0) is 19.7 Å². The summed E-state index contributed by atoms with van der Waals surface area (Å²) in [5.41, 5.74) is 2.38. The Balaban J connectivity index is 2.10. The molecule has 33 heavy (non-hydrogen) atoms. The summed E-state index contributed by atoms with van der Waals surface area (Å²) in [6.45, 7) is 9.45. The number of hydrogen-bond acceptors (Lipinski definition) is 5. The van der Waals surface area contributed by atoms with Gasteiger partial charge in [0.1, 0.15) is 11.5 Å². The zero-order valence-corrected chi connectivity index (χ0v) is 20.1. The van der Waals surface area contributed by atoms with Gasteiger partial charge in [-0.05, 0) is 35.1 Å². The summed E-state index contributed by atoms with van der Waals surface area (Å²) in [4.78, 5) is 27.5. The number of aliphatic hydroxyl groups excluding tert-OH is 1. The van der Waals surface area contributed by atoms with E-state index < -0.39 is 17.7 Å². The van der Waals surface area contributed by atoms with E-state index in [1.807, 2.05) is 31.2 Å². The van der Waals surface area contributed by atoms with E-state index in [1.54, 1.807) is 31.4 Å². The predicted octanol–water partition coefficient (Wildman–Crippen LogP) is 4.84. The standard InChI is InChI=1S/C27H33NO5/c1-6-15-33-21-9-7-8-19(17-21)24(29)22-23(28(14-16-32-5)26(31)25(22)30)18-10-12-20(13-11-18)27(2,3)4/h7-13,17,23,29H,6,14-16H2,1-5H3/b24-22-. The number of Topliss-reactive ketones (excluding diaryl/α,β-unsaturated/α-hetero) is 1. The van der Waals surface area contributed by atoms with Gasteiger partial charge in [-0.1, -0.05) is 64.1 Å². The van der Waals surface area contributed by atoms with Crippen molar-refractivity contribution < 1.29 is 24.2 Å². The summed E-state index contributed by atoms with van der Waals surface area (Å²) in [5.74, 6) is -0.953. The first-order valence-electron chi connectivity index (χ1n) is 11.3. The molecule has 1 N–H and O–H groups in total. The second kappa shape index (κ2) is 10.2. The molecule has 0 aromatic heterocycles. The number of aliphatic hydroxyl groups is 1. The quantitative estimate of drug-likeness (QED) is 0.353. The van der Waals surface area contributed by atoms with Crippen LogP contribution in [0.15, 0.2) is 54.1 Å². The number of hydrogen-bond donors (Lipinski definition) is 1. The van der Waals surface area contributed by atoms with Crippen molar-refractivity contribution in [2.75, 3.05) is 26.9 Å². The highest BCUT2D eigenvalue weighted by atomic mass is 16.5. The van der Waals surface area contributed by atoms with E-state index in [2.05, 4.69) is 20.8 Å². The topological polar surface area (TPSA) is 76.1 Å². The van der Waals surface area contributed by atoms with Crippen LogP contribution in [0.1, 0.15) is 56.8 Å². The molecule has 1 atom stereocenters. The Morgan fingerprint density at radius 1 is 1.06 bits per heavy atom. The average molecular weight is 452 g/mol. The monoisotopic (exact) mass is 451 g/mol. The molecule has 0 radical (unpaired) electrons. The number of methoxy groups -OCH3 is 1. The average Bonchev–Trinajstić information content (AvgIpc) is 3.05. The van der Waals surface area contributed by atoms with E-state index in [9.17, 15) is 14.7 Å². The van der Waals surface area contributed by atoms with E-state index in [0.29, 0.717) is 17.9 Å². The number of rotatable bonds is 8. The molecule has 176 valence electrons. The fraction of sp³-hybridized carbons (Fsp3) is 0.407. The van der Waals surface area contributed by atoms with Gasteiger partial charge in [-0.2, -0.15) is 0 Å². The molecule has 1 unspecified atom stereocenters. The van der Waals surface area contributed by atoms with Crippen LogP contribution in [0, 0.1) is 0 Å². The molecule has 1 saturated heterocycles. The third-order valence-corrected chi connectivity index (χ3v) is 5.75. The van der Waals surface area contributed by atoms with Gasteiger partial charge in [-0.3, -0.25) is 9.59 Å². The summed E-state index contributed by atoms with van der Waals surface area (Å²) in [5, 5.41) is 11.2. The van der Waals surface area contributed by atoms with E-state index in [0.717, 1.165) is 17.5 Å². The van der Waals surface area contributed by atoms with Crippen molar-refractivity contribution in [3.05, 3.63) is 70.8 Å². The maximum absolute atomic E-state index is 13.1. The number of carbonyl (C=O) groups excluding carboxylic acids is 2. The summed E-state index contributed by atoms with van der Waals surface area (Å²) >= 11 is 0. The van der Waals surface area contributed by atoms with Gasteiger partial charge < -0.3 is 19.5 Å². The van der Waals surface area contributed by atoms with Gasteiger partial charge in [0.2, 0.25) is 0 Å². The van der Waals surface area contributed by atoms with Gasteiger partial charge in [0.15, 0.2) is 0 Å². The number of ketones is 1. The first-order chi connectivity index (χ1) is 15.7. The minimum Gasteiger partial charge on any atom is -0.507 e. The molecule has 1 heterocycles. The smallest absolute Gasteiger partial charge is 0.295 e. The molecule has 2 aromatic rings. The van der Waals surface area contributed by atoms with E-state index in [-0.39, 0.29) is 29.9 Å². The van der Waals surface area contributed by atoms with E-state index >= 15 is 0 Å². The van der Waals surface area contributed by atoms with Crippen LogP contribution in [0.2, 0.25) is 0 Å². The number of carbonyl (C=O) groups is 2. The van der Waals surface area contributed by atoms with Crippen LogP contribution in [0.25, 0.3) is 5.76 Å². The highest BCUT2D eigenvalue weighted by Crippen LogP contribution is 2.40. The molecule has 0 bridgehead atoms. The molecule has 1 aliphatic rings. The van der Waals surface area contributed by atoms with Gasteiger partial charge in [-0.15, -0.1) is 0 Å². The zero-order chi connectivity index (χ0) is 24.2. The molecule has 2 aromatic carbocycles. The summed E-state index contributed by atoms with van der Waals surface area (Å²) in [7, 11) is 1.55. The molecule has 3 rings (SSSR count). The molecular formula is C27H33NO5. The van der Waals surface area contributed by atoms with Crippen molar-refractivity contribution >= 4 is 17.4 Å². The summed E-state index contributed by atoms with van der Waals surface area (Å²) < 4.78 is 10.8. The lowest BCUT2D eigenvalue weighted by atomic mass is 9.85. The van der Waals surface area contributed by atoms with Crippen LogP contribution >= 0.6 is 0 Å². The lowest BCUT2D eigenvalue weighted by molar-refractivity contribution is -0.140. The second-order valence-electron chi connectivity index (χ2n) is 9.23. The third-order valence-electron chi connectivity index (χ3n) is 5.75. The maximum Gasteiger partial charge on any atom is 0.295 e. The minimum atomic E-state index is -0.701. The molecular weight excluding hydrogens is 418 g/mol. The second-order valence-corrected chi connectivity index (χ2v) is 9.23. The first-order valence-corrected chi connectivity index (χ1v) is 11.3. The largest absolute Gasteiger partial charge is 0.507 e. The van der Waals surface area contributed by atoms with Gasteiger partial charge in [0.25, 0.3) is 11.7 Å². The lowest BCUT2D eigenvalue weighted by Crippen LogP contribution is -2.32. The van der Waals surface area contributed by atoms with Gasteiger partial charge in [0.05, 0.1) is 24.8 Å². The van der Waals surface area contributed by atoms with Crippen molar-refractivity contribution in [1.82, 2.24) is 4.90 Å². The number of ether oxygens (including phenoxy) is 2. The number of amides is 1. The number of benzene rings is 2. The van der Waals surface area contributed by atoms with Gasteiger partial charge in [-0.25, -0.2) is 0 Å². The van der Waals surface area contributed by atoms with Crippen molar-refractivity contribution in [3.63, 3.8) is 0 Å². The molecule has 6 nitrogen and oxygen atoms in total. The fourth-order valence-corrected chi connectivity index (χ4v) is 3.92. The van der Waals surface area contributed by atoms with Crippen molar-refractivity contribution in [2.24, 2.45) is 0 Å². The summed E-state index contributed by atoms with van der Waals surface area (Å²) in [6.07, 6.45) is 0.853. The van der Waals surface area contributed by atoms with Crippen molar-refractivity contribution in [2.45, 2.75) is 45.6 Å². The molecule has 0 aliphatic carbocycles. The molecule has 0 saturated carbocycles. The van der Waals surface area contributed by atoms with Crippen LogP contribution in [0.3, 0.4) is 0 Å². The lowest BCUT2D eigenvalue weighted by Gasteiger charge is -2.26. The Hall–Kier alpha value is -3.12. The molecule has 1 amide bonds. The van der Waals surface area contributed by atoms with E-state index in [4.69, 9.17) is 9.47 Å². The first kappa shape index (κ1) is 24.5. The third kappa shape index (κ3) is 5.28. The Labute approximate surface area is 195 Å². The van der Waals surface area contributed by atoms with Crippen LogP contribution in [-0.4, -0.2) is 48.6 Å². The Kier molecular flexibility index (Phi) is 7.59. The molecule has 1 fully saturated rings. The number of nitrogens with zero attached hydrogens (tertiary/aromatic N) is 1. The highest BCUT2D eigenvalue weighted by Gasteiger charge is 2.45. The molecule has 6 heteroatoms. The molecule has 0 spiro atoms. The highest BCUT2D eigenvalue weighted by molar-refractivity contribution is 6.46. The normalized spacial score (nSPS) is 18.1. The van der Waals surface area contributed by atoms with E-state index in [1.165, 1.54) is 4.90 Å². The van der Waals surface area contributed by atoms with Crippen LogP contribution in [0.4, 0.5) is 0 Å². The van der Waals surface area contributed by atoms with Crippen LogP contribution < -0.4 is 4.74 Å². The van der Waals surface area contributed by atoms with Gasteiger partial charge in [0, 0.05) is 19.2 Å². The number of likely N-dealkylation sites (tertiary alicyclic amines) is 1. The van der Waals surface area contributed by atoms with Crippen molar-refractivity contribution in [3.8, 4) is 5.75 Å². The maximum atomic E-state index is 13.1.